The van der Waals surface area contributed by atoms with Crippen LogP contribution < -0.4 is 0 Å². The smallest absolute Gasteiger partial charge is 0.278 e. The monoisotopic (exact) mass is 441 g/mol. The standard InChI is InChI=1S/C26H27N5O2/c1-3-20(19-12-8-5-9-13-19)26(32)31-15-14-22-21(17-31)24(28-30(22)2)25-27-23(29-33-25)16-18-10-6-4-7-11-18/h4-13,20H,3,14-17H2,1-2H3. The molecule has 0 saturated carbocycles. The van der Waals surface area contributed by atoms with E-state index in [9.17, 15) is 4.79 Å². The lowest BCUT2D eigenvalue weighted by atomic mass is 9.93. The van der Waals surface area contributed by atoms with Gasteiger partial charge in [-0.3, -0.25) is 9.48 Å². The summed E-state index contributed by atoms with van der Waals surface area (Å²) >= 11 is 0. The lowest BCUT2D eigenvalue weighted by Crippen LogP contribution is -2.39. The summed E-state index contributed by atoms with van der Waals surface area (Å²) in [6.07, 6.45) is 2.11. The Morgan fingerprint density at radius 2 is 1.82 bits per heavy atom. The largest absolute Gasteiger partial charge is 0.337 e. The van der Waals surface area contributed by atoms with Crippen LogP contribution in [0.2, 0.25) is 0 Å². The van der Waals surface area contributed by atoms with E-state index in [0.717, 1.165) is 35.2 Å². The highest BCUT2D eigenvalue weighted by Gasteiger charge is 2.32. The minimum absolute atomic E-state index is 0.145. The minimum Gasteiger partial charge on any atom is -0.337 e. The molecule has 0 spiro atoms. The van der Waals surface area contributed by atoms with Crippen molar-refractivity contribution in [2.24, 2.45) is 7.05 Å². The number of carbonyl (C=O) groups is 1. The van der Waals surface area contributed by atoms with Gasteiger partial charge in [-0.25, -0.2) is 0 Å². The summed E-state index contributed by atoms with van der Waals surface area (Å²) in [4.78, 5) is 20.0. The van der Waals surface area contributed by atoms with Gasteiger partial charge in [-0.2, -0.15) is 10.1 Å². The van der Waals surface area contributed by atoms with Crippen molar-refractivity contribution >= 4 is 5.91 Å². The maximum atomic E-state index is 13.4. The van der Waals surface area contributed by atoms with Crippen LogP contribution >= 0.6 is 0 Å². The fourth-order valence-corrected chi connectivity index (χ4v) is 4.61. The average Bonchev–Trinajstić information content (AvgIpc) is 3.44. The molecule has 2 aromatic heterocycles. The topological polar surface area (TPSA) is 77.1 Å². The van der Waals surface area contributed by atoms with E-state index in [1.165, 1.54) is 0 Å². The molecule has 0 saturated heterocycles. The fraction of sp³-hybridized carbons (Fsp3) is 0.308. The van der Waals surface area contributed by atoms with Crippen LogP contribution in [0.15, 0.2) is 65.2 Å². The van der Waals surface area contributed by atoms with E-state index in [1.807, 2.05) is 77.3 Å². The average molecular weight is 442 g/mol. The number of fused-ring (bicyclic) bond motifs is 1. The molecule has 5 rings (SSSR count). The van der Waals surface area contributed by atoms with Gasteiger partial charge in [0.25, 0.3) is 5.89 Å². The number of aryl methyl sites for hydroxylation is 1. The summed E-state index contributed by atoms with van der Waals surface area (Å²) in [5, 5.41) is 8.85. The molecule has 7 heteroatoms. The van der Waals surface area contributed by atoms with Gasteiger partial charge in [0.1, 0.15) is 0 Å². The molecule has 7 nitrogen and oxygen atoms in total. The first-order valence-electron chi connectivity index (χ1n) is 11.4. The molecule has 168 valence electrons. The summed E-state index contributed by atoms with van der Waals surface area (Å²) in [6.45, 7) is 3.24. The first-order valence-corrected chi connectivity index (χ1v) is 11.4. The third-order valence-electron chi connectivity index (χ3n) is 6.34. The van der Waals surface area contributed by atoms with Gasteiger partial charge >= 0.3 is 0 Å². The molecule has 1 aliphatic rings. The lowest BCUT2D eigenvalue weighted by molar-refractivity contribution is -0.133. The van der Waals surface area contributed by atoms with Crippen molar-refractivity contribution < 1.29 is 9.32 Å². The summed E-state index contributed by atoms with van der Waals surface area (Å²) in [5.74, 6) is 1.03. The van der Waals surface area contributed by atoms with Crippen LogP contribution in [0.25, 0.3) is 11.6 Å². The van der Waals surface area contributed by atoms with Gasteiger partial charge in [0.15, 0.2) is 11.5 Å². The van der Waals surface area contributed by atoms with E-state index in [-0.39, 0.29) is 11.8 Å². The van der Waals surface area contributed by atoms with Crippen LogP contribution in [0.1, 0.15) is 47.5 Å². The van der Waals surface area contributed by atoms with Crippen LogP contribution in [0, 0.1) is 0 Å². The third-order valence-corrected chi connectivity index (χ3v) is 6.34. The SMILES string of the molecule is CCC(C(=O)N1CCc2c(c(-c3nc(Cc4ccccc4)no3)nn2C)C1)c1ccccc1. The number of nitrogens with zero attached hydrogens (tertiary/aromatic N) is 5. The second kappa shape index (κ2) is 9.02. The van der Waals surface area contributed by atoms with Crippen LogP contribution in [0.3, 0.4) is 0 Å². The minimum atomic E-state index is -0.145. The number of aromatic nitrogens is 4. The lowest BCUT2D eigenvalue weighted by Gasteiger charge is -2.30. The summed E-state index contributed by atoms with van der Waals surface area (Å²) in [7, 11) is 1.93. The molecule has 3 heterocycles. The van der Waals surface area contributed by atoms with Crippen molar-refractivity contribution in [1.29, 1.82) is 0 Å². The Morgan fingerprint density at radius 1 is 1.09 bits per heavy atom. The highest BCUT2D eigenvalue weighted by Crippen LogP contribution is 2.31. The molecular weight excluding hydrogens is 414 g/mol. The Kier molecular flexibility index (Phi) is 5.77. The molecule has 1 aliphatic heterocycles. The van der Waals surface area contributed by atoms with Gasteiger partial charge in [-0.05, 0) is 17.5 Å². The van der Waals surface area contributed by atoms with Crippen molar-refractivity contribution in [3.05, 3.63) is 88.9 Å². The van der Waals surface area contributed by atoms with Gasteiger partial charge in [0, 0.05) is 44.2 Å². The molecule has 0 fully saturated rings. The van der Waals surface area contributed by atoms with Crippen LogP contribution in [-0.2, 0) is 31.2 Å². The van der Waals surface area contributed by atoms with Crippen molar-refractivity contribution in [2.45, 2.75) is 38.6 Å². The molecule has 0 bridgehead atoms. The molecule has 4 aromatic rings. The van der Waals surface area contributed by atoms with E-state index in [4.69, 9.17) is 4.52 Å². The molecule has 33 heavy (non-hydrogen) atoms. The first kappa shape index (κ1) is 21.1. The first-order chi connectivity index (χ1) is 16.1. The van der Waals surface area contributed by atoms with Gasteiger partial charge < -0.3 is 9.42 Å². The number of rotatable bonds is 6. The van der Waals surface area contributed by atoms with Crippen molar-refractivity contribution in [2.75, 3.05) is 6.54 Å². The Morgan fingerprint density at radius 3 is 2.55 bits per heavy atom. The number of amides is 1. The Hall–Kier alpha value is -3.74. The molecule has 1 unspecified atom stereocenters. The zero-order chi connectivity index (χ0) is 22.8. The maximum Gasteiger partial charge on any atom is 0.278 e. The zero-order valence-corrected chi connectivity index (χ0v) is 18.9. The quantitative estimate of drug-likeness (QED) is 0.449. The molecule has 1 amide bonds. The predicted molar refractivity (Wildman–Crippen MR) is 124 cm³/mol. The Bertz CT molecular complexity index is 1250. The zero-order valence-electron chi connectivity index (χ0n) is 18.9. The van der Waals surface area contributed by atoms with E-state index in [2.05, 4.69) is 22.2 Å². The van der Waals surface area contributed by atoms with E-state index < -0.39 is 0 Å². The number of benzene rings is 2. The van der Waals surface area contributed by atoms with Crippen LogP contribution in [-0.4, -0.2) is 37.3 Å². The van der Waals surface area contributed by atoms with Crippen molar-refractivity contribution in [3.63, 3.8) is 0 Å². The highest BCUT2D eigenvalue weighted by atomic mass is 16.5. The van der Waals surface area contributed by atoms with E-state index in [0.29, 0.717) is 36.9 Å². The van der Waals surface area contributed by atoms with Gasteiger partial charge in [0.05, 0.1) is 5.92 Å². The third kappa shape index (κ3) is 4.18. The van der Waals surface area contributed by atoms with Gasteiger partial charge in [-0.15, -0.1) is 0 Å². The second-order valence-electron chi connectivity index (χ2n) is 8.46. The predicted octanol–water partition coefficient (Wildman–Crippen LogP) is 4.14. The summed E-state index contributed by atoms with van der Waals surface area (Å²) < 4.78 is 7.47. The maximum absolute atomic E-state index is 13.4. The molecular formula is C26H27N5O2. The fourth-order valence-electron chi connectivity index (χ4n) is 4.61. The number of hydrogen-bond acceptors (Lipinski definition) is 5. The molecule has 2 aromatic carbocycles. The normalized spacial score (nSPS) is 14.2. The highest BCUT2D eigenvalue weighted by molar-refractivity contribution is 5.84. The van der Waals surface area contributed by atoms with E-state index >= 15 is 0 Å². The van der Waals surface area contributed by atoms with Crippen LogP contribution in [0.5, 0.6) is 0 Å². The van der Waals surface area contributed by atoms with E-state index in [1.54, 1.807) is 0 Å². The molecule has 0 radical (unpaired) electrons. The van der Waals surface area contributed by atoms with Gasteiger partial charge in [0.2, 0.25) is 5.91 Å². The summed E-state index contributed by atoms with van der Waals surface area (Å²) in [6, 6.07) is 20.1. The Labute approximate surface area is 193 Å². The van der Waals surface area contributed by atoms with Crippen molar-refractivity contribution in [3.8, 4) is 11.6 Å². The molecule has 0 N–H and O–H groups in total. The van der Waals surface area contributed by atoms with Gasteiger partial charge in [-0.1, -0.05) is 72.7 Å². The summed E-state index contributed by atoms with van der Waals surface area (Å²) in [5.41, 5.74) is 4.96. The number of carbonyl (C=O) groups excluding carboxylic acids is 1. The Balaban J connectivity index is 1.39. The number of hydrogen-bond donors (Lipinski definition) is 0. The second-order valence-corrected chi connectivity index (χ2v) is 8.46. The van der Waals surface area contributed by atoms with Crippen molar-refractivity contribution in [1.82, 2.24) is 24.8 Å². The molecule has 1 atom stereocenters. The molecule has 0 aliphatic carbocycles. The van der Waals surface area contributed by atoms with Crippen LogP contribution in [0.4, 0.5) is 0 Å².